The summed E-state index contributed by atoms with van der Waals surface area (Å²) in [6, 6.07) is 8.24. The van der Waals surface area contributed by atoms with Gasteiger partial charge in [0.1, 0.15) is 5.69 Å². The van der Waals surface area contributed by atoms with Crippen LogP contribution in [0.15, 0.2) is 41.0 Å². The quantitative estimate of drug-likeness (QED) is 0.903. The van der Waals surface area contributed by atoms with Crippen LogP contribution in [0.2, 0.25) is 0 Å². The van der Waals surface area contributed by atoms with Crippen LogP contribution in [0.1, 0.15) is 26.4 Å². The van der Waals surface area contributed by atoms with Crippen molar-refractivity contribution in [3.8, 4) is 0 Å². The summed E-state index contributed by atoms with van der Waals surface area (Å²) in [5, 5.41) is 11.7. The number of rotatable bonds is 3. The predicted molar refractivity (Wildman–Crippen MR) is 78.0 cm³/mol. The van der Waals surface area contributed by atoms with Crippen LogP contribution in [-0.2, 0) is 0 Å². The number of carboxylic acid groups (broad SMARTS) is 1. The summed E-state index contributed by atoms with van der Waals surface area (Å²) in [6.45, 7) is 1.89. The molecule has 1 aromatic heterocycles. The van der Waals surface area contributed by atoms with E-state index >= 15 is 0 Å². The molecule has 1 aromatic carbocycles. The number of anilines is 1. The third kappa shape index (κ3) is 3.21. The van der Waals surface area contributed by atoms with Crippen molar-refractivity contribution < 1.29 is 14.7 Å². The van der Waals surface area contributed by atoms with Crippen LogP contribution >= 0.6 is 15.9 Å². The first kappa shape index (κ1) is 14.2. The van der Waals surface area contributed by atoms with Gasteiger partial charge in [0.05, 0.1) is 5.56 Å². The number of nitrogens with one attached hydrogen (secondary N) is 1. The molecule has 1 heterocycles. The zero-order valence-corrected chi connectivity index (χ0v) is 12.1. The molecule has 0 aliphatic heterocycles. The summed E-state index contributed by atoms with van der Waals surface area (Å²) in [6.07, 6.45) is 1.38. The lowest BCUT2D eigenvalue weighted by atomic mass is 10.1. The van der Waals surface area contributed by atoms with Crippen molar-refractivity contribution in [2.45, 2.75) is 6.92 Å². The van der Waals surface area contributed by atoms with Gasteiger partial charge in [-0.15, -0.1) is 0 Å². The molecule has 102 valence electrons. The number of carbonyl (C=O) groups excluding carboxylic acids is 1. The van der Waals surface area contributed by atoms with E-state index in [1.54, 1.807) is 12.1 Å². The van der Waals surface area contributed by atoms with Crippen molar-refractivity contribution in [2.75, 3.05) is 5.32 Å². The molecular formula is C14H11BrN2O3. The second-order valence-electron chi connectivity index (χ2n) is 4.18. The maximum atomic E-state index is 12.1. The molecule has 0 unspecified atom stereocenters. The second-order valence-corrected chi connectivity index (χ2v) is 5.09. The molecule has 1 amide bonds. The van der Waals surface area contributed by atoms with E-state index in [0.717, 1.165) is 10.0 Å². The molecule has 6 heteroatoms. The minimum absolute atomic E-state index is 0.113. The molecule has 0 atom stereocenters. The van der Waals surface area contributed by atoms with Gasteiger partial charge in [0.15, 0.2) is 0 Å². The van der Waals surface area contributed by atoms with Gasteiger partial charge in [-0.3, -0.25) is 9.78 Å². The highest BCUT2D eigenvalue weighted by Gasteiger charge is 2.17. The van der Waals surface area contributed by atoms with Crippen LogP contribution in [0.4, 0.5) is 5.69 Å². The smallest absolute Gasteiger partial charge is 0.338 e. The Morgan fingerprint density at radius 2 is 2.05 bits per heavy atom. The normalized spacial score (nSPS) is 10.1. The Hall–Kier alpha value is -2.21. The molecule has 20 heavy (non-hydrogen) atoms. The van der Waals surface area contributed by atoms with Gasteiger partial charge < -0.3 is 10.4 Å². The van der Waals surface area contributed by atoms with E-state index in [-0.39, 0.29) is 11.3 Å². The highest BCUT2D eigenvalue weighted by atomic mass is 79.9. The third-order valence-corrected chi connectivity index (χ3v) is 3.01. The van der Waals surface area contributed by atoms with E-state index < -0.39 is 11.9 Å². The first-order valence-electron chi connectivity index (χ1n) is 5.74. The summed E-state index contributed by atoms with van der Waals surface area (Å²) in [7, 11) is 0. The molecule has 0 radical (unpaired) electrons. The average Bonchev–Trinajstić information content (AvgIpc) is 2.37. The maximum Gasteiger partial charge on any atom is 0.338 e. The standard InChI is InChI=1S/C14H11BrN2O3/c1-8-5-9(15)7-10(6-8)17-13(18)12-11(14(19)20)3-2-4-16-12/h2-7H,1H3,(H,17,18)(H,19,20). The zero-order valence-electron chi connectivity index (χ0n) is 10.6. The summed E-state index contributed by atoms with van der Waals surface area (Å²) in [5.41, 5.74) is 1.30. The number of amides is 1. The van der Waals surface area contributed by atoms with Crippen molar-refractivity contribution in [1.29, 1.82) is 0 Å². The fourth-order valence-corrected chi connectivity index (χ4v) is 2.37. The number of carbonyl (C=O) groups is 2. The van der Waals surface area contributed by atoms with Crippen LogP contribution in [0.5, 0.6) is 0 Å². The molecule has 0 saturated carbocycles. The maximum absolute atomic E-state index is 12.1. The van der Waals surface area contributed by atoms with Crippen LogP contribution in [-0.4, -0.2) is 22.0 Å². The summed E-state index contributed by atoms with van der Waals surface area (Å²) >= 11 is 3.34. The van der Waals surface area contributed by atoms with Gasteiger partial charge in [-0.05, 0) is 42.8 Å². The summed E-state index contributed by atoms with van der Waals surface area (Å²) in [4.78, 5) is 27.0. The first-order valence-corrected chi connectivity index (χ1v) is 6.53. The number of pyridine rings is 1. The summed E-state index contributed by atoms with van der Waals surface area (Å²) < 4.78 is 0.826. The third-order valence-electron chi connectivity index (χ3n) is 2.55. The number of hydrogen-bond donors (Lipinski definition) is 2. The molecule has 2 rings (SSSR count). The number of carboxylic acids is 1. The molecule has 0 spiro atoms. The lowest BCUT2D eigenvalue weighted by molar-refractivity contribution is 0.0691. The van der Waals surface area contributed by atoms with Crippen LogP contribution < -0.4 is 5.32 Å². The molecule has 2 N–H and O–H groups in total. The number of halogens is 1. The lowest BCUT2D eigenvalue weighted by Crippen LogP contribution is -2.18. The van der Waals surface area contributed by atoms with Crippen LogP contribution in [0.25, 0.3) is 0 Å². The molecule has 0 aliphatic rings. The van der Waals surface area contributed by atoms with Crippen molar-refractivity contribution in [3.05, 3.63) is 57.8 Å². The van der Waals surface area contributed by atoms with E-state index in [2.05, 4.69) is 26.2 Å². The van der Waals surface area contributed by atoms with Gasteiger partial charge in [-0.25, -0.2) is 4.79 Å². The van der Waals surface area contributed by atoms with Gasteiger partial charge in [0.2, 0.25) is 0 Å². The predicted octanol–water partition coefficient (Wildman–Crippen LogP) is 3.10. The minimum Gasteiger partial charge on any atom is -0.478 e. The number of benzene rings is 1. The Kier molecular flexibility index (Phi) is 4.14. The van der Waals surface area contributed by atoms with Gasteiger partial charge in [-0.1, -0.05) is 15.9 Å². The highest BCUT2D eigenvalue weighted by molar-refractivity contribution is 9.10. The van der Waals surface area contributed by atoms with E-state index in [1.807, 2.05) is 13.0 Å². The summed E-state index contributed by atoms with van der Waals surface area (Å²) in [5.74, 6) is -1.74. The Labute approximate surface area is 123 Å². The van der Waals surface area contributed by atoms with Gasteiger partial charge in [0, 0.05) is 16.4 Å². The fraction of sp³-hybridized carbons (Fsp3) is 0.0714. The van der Waals surface area contributed by atoms with Gasteiger partial charge in [-0.2, -0.15) is 0 Å². The Bertz CT molecular complexity index is 666. The van der Waals surface area contributed by atoms with Crippen LogP contribution in [0.3, 0.4) is 0 Å². The zero-order chi connectivity index (χ0) is 14.7. The molecule has 0 fully saturated rings. The number of aromatic carboxylic acids is 1. The largest absolute Gasteiger partial charge is 0.478 e. The second kappa shape index (κ2) is 5.83. The number of nitrogens with zero attached hydrogens (tertiary/aromatic N) is 1. The van der Waals surface area contributed by atoms with E-state index in [9.17, 15) is 9.59 Å². The SMILES string of the molecule is Cc1cc(Br)cc(NC(=O)c2ncccc2C(=O)O)c1. The van der Waals surface area contributed by atoms with E-state index in [4.69, 9.17) is 5.11 Å². The Morgan fingerprint density at radius 1 is 1.30 bits per heavy atom. The monoisotopic (exact) mass is 334 g/mol. The van der Waals surface area contributed by atoms with Gasteiger partial charge in [0.25, 0.3) is 5.91 Å². The average molecular weight is 335 g/mol. The van der Waals surface area contributed by atoms with E-state index in [0.29, 0.717) is 5.69 Å². The topological polar surface area (TPSA) is 79.3 Å². The molecule has 2 aromatic rings. The lowest BCUT2D eigenvalue weighted by Gasteiger charge is -2.08. The Morgan fingerprint density at radius 3 is 2.70 bits per heavy atom. The van der Waals surface area contributed by atoms with Crippen molar-refractivity contribution in [2.24, 2.45) is 0 Å². The van der Waals surface area contributed by atoms with E-state index in [1.165, 1.54) is 18.3 Å². The van der Waals surface area contributed by atoms with Crippen molar-refractivity contribution in [1.82, 2.24) is 4.98 Å². The molecular weight excluding hydrogens is 324 g/mol. The molecule has 5 nitrogen and oxygen atoms in total. The Balaban J connectivity index is 2.31. The number of aromatic nitrogens is 1. The van der Waals surface area contributed by atoms with Crippen LogP contribution in [0, 0.1) is 6.92 Å². The highest BCUT2D eigenvalue weighted by Crippen LogP contribution is 2.20. The minimum atomic E-state index is -1.19. The molecule has 0 bridgehead atoms. The fourth-order valence-electron chi connectivity index (χ4n) is 1.76. The van der Waals surface area contributed by atoms with Crippen molar-refractivity contribution in [3.63, 3.8) is 0 Å². The van der Waals surface area contributed by atoms with Crippen molar-refractivity contribution >= 4 is 33.5 Å². The number of hydrogen-bond acceptors (Lipinski definition) is 3. The number of aryl methyl sites for hydroxylation is 1. The first-order chi connectivity index (χ1) is 9.47. The van der Waals surface area contributed by atoms with Gasteiger partial charge >= 0.3 is 5.97 Å². The molecule has 0 aliphatic carbocycles. The molecule has 0 saturated heterocycles.